The van der Waals surface area contributed by atoms with E-state index < -0.39 is 5.92 Å². The minimum absolute atomic E-state index is 0.0971. The fraction of sp³-hybridized carbons (Fsp3) is 0.194. The molecular weight excluding hydrogens is 524 g/mol. The standard InChI is InChI=1S/C31H29ClN6O2/c1-19(2)35-31-33-17-22(18-34-31)21-9-14-25-26(15-21)37-30(40)28(25)29(20-7-5-4-6-8-20)36-23-10-12-24(13-11-23)38(3)27(39)16-32/h4-15,17-19,28H,16H2,1-3H3,(H,37,40)(H,33,34,35). The van der Waals surface area contributed by atoms with Gasteiger partial charge in [0.2, 0.25) is 17.8 Å². The minimum Gasteiger partial charge on any atom is -0.352 e. The van der Waals surface area contributed by atoms with Gasteiger partial charge in [0.15, 0.2) is 0 Å². The molecule has 0 saturated heterocycles. The van der Waals surface area contributed by atoms with Gasteiger partial charge >= 0.3 is 0 Å². The van der Waals surface area contributed by atoms with E-state index in [-0.39, 0.29) is 23.7 Å². The van der Waals surface area contributed by atoms with Crippen LogP contribution in [0.2, 0.25) is 0 Å². The molecule has 1 atom stereocenters. The topological polar surface area (TPSA) is 99.6 Å². The lowest BCUT2D eigenvalue weighted by atomic mass is 9.90. The highest BCUT2D eigenvalue weighted by Gasteiger charge is 2.35. The van der Waals surface area contributed by atoms with Gasteiger partial charge in [0.25, 0.3) is 0 Å². The molecule has 0 saturated carbocycles. The molecule has 1 unspecified atom stereocenters. The molecule has 5 rings (SSSR count). The molecule has 8 nitrogen and oxygen atoms in total. The van der Waals surface area contributed by atoms with Crippen molar-refractivity contribution in [2.45, 2.75) is 25.8 Å². The maximum absolute atomic E-state index is 13.4. The first kappa shape index (κ1) is 27.0. The predicted molar refractivity (Wildman–Crippen MR) is 161 cm³/mol. The van der Waals surface area contributed by atoms with Crippen LogP contribution in [0.25, 0.3) is 11.1 Å². The first-order valence-electron chi connectivity index (χ1n) is 12.9. The number of anilines is 3. The Morgan fingerprint density at radius 1 is 1.02 bits per heavy atom. The summed E-state index contributed by atoms with van der Waals surface area (Å²) >= 11 is 5.70. The number of nitrogens with zero attached hydrogens (tertiary/aromatic N) is 4. The van der Waals surface area contributed by atoms with Crippen molar-refractivity contribution in [2.24, 2.45) is 4.99 Å². The summed E-state index contributed by atoms with van der Waals surface area (Å²) in [6.07, 6.45) is 3.54. The normalized spacial score (nSPS) is 14.6. The molecule has 1 aromatic heterocycles. The van der Waals surface area contributed by atoms with Gasteiger partial charge in [0.05, 0.1) is 11.4 Å². The molecule has 40 heavy (non-hydrogen) atoms. The maximum Gasteiger partial charge on any atom is 0.241 e. The van der Waals surface area contributed by atoms with E-state index in [9.17, 15) is 9.59 Å². The van der Waals surface area contributed by atoms with Gasteiger partial charge in [0, 0.05) is 42.4 Å². The van der Waals surface area contributed by atoms with Crippen molar-refractivity contribution in [3.8, 4) is 11.1 Å². The Labute approximate surface area is 238 Å². The van der Waals surface area contributed by atoms with E-state index in [1.807, 2.05) is 86.6 Å². The van der Waals surface area contributed by atoms with E-state index in [1.165, 1.54) is 4.90 Å². The third kappa shape index (κ3) is 5.72. The number of halogens is 1. The van der Waals surface area contributed by atoms with Crippen LogP contribution in [0.5, 0.6) is 0 Å². The number of carbonyl (C=O) groups excluding carboxylic acids is 2. The van der Waals surface area contributed by atoms with E-state index in [0.29, 0.717) is 23.0 Å². The van der Waals surface area contributed by atoms with Crippen LogP contribution in [0.4, 0.5) is 23.0 Å². The molecule has 1 aliphatic heterocycles. The van der Waals surface area contributed by atoms with Crippen molar-refractivity contribution in [3.05, 3.63) is 96.3 Å². The Kier molecular flexibility index (Phi) is 7.89. The first-order valence-corrected chi connectivity index (χ1v) is 13.5. The summed E-state index contributed by atoms with van der Waals surface area (Å²) in [5.41, 5.74) is 6.19. The average molecular weight is 553 g/mol. The highest BCUT2D eigenvalue weighted by molar-refractivity contribution is 6.29. The Morgan fingerprint density at radius 2 is 1.73 bits per heavy atom. The lowest BCUT2D eigenvalue weighted by Crippen LogP contribution is -2.26. The van der Waals surface area contributed by atoms with E-state index in [0.717, 1.165) is 27.9 Å². The number of alkyl halides is 1. The van der Waals surface area contributed by atoms with Gasteiger partial charge in [-0.15, -0.1) is 11.6 Å². The third-order valence-corrected chi connectivity index (χ3v) is 6.83. The molecule has 2 heterocycles. The SMILES string of the molecule is CC(C)Nc1ncc(-c2ccc3c(c2)NC(=O)C3C(=Nc2ccc(N(C)C(=O)CCl)cc2)c2ccccc2)cn1. The molecule has 0 aliphatic carbocycles. The van der Waals surface area contributed by atoms with Crippen molar-refractivity contribution < 1.29 is 9.59 Å². The summed E-state index contributed by atoms with van der Waals surface area (Å²) in [4.78, 5) is 40.6. The van der Waals surface area contributed by atoms with E-state index in [4.69, 9.17) is 16.6 Å². The number of hydrogen-bond donors (Lipinski definition) is 2. The van der Waals surface area contributed by atoms with Crippen LogP contribution in [-0.2, 0) is 9.59 Å². The fourth-order valence-electron chi connectivity index (χ4n) is 4.55. The molecule has 0 bridgehead atoms. The summed E-state index contributed by atoms with van der Waals surface area (Å²) in [5, 5.41) is 6.23. The van der Waals surface area contributed by atoms with E-state index >= 15 is 0 Å². The van der Waals surface area contributed by atoms with Crippen molar-refractivity contribution >= 4 is 52.1 Å². The van der Waals surface area contributed by atoms with Gasteiger partial charge in [-0.3, -0.25) is 14.6 Å². The second-order valence-corrected chi connectivity index (χ2v) is 10.1. The van der Waals surface area contributed by atoms with Gasteiger partial charge in [-0.1, -0.05) is 42.5 Å². The molecule has 9 heteroatoms. The second kappa shape index (κ2) is 11.7. The zero-order valence-corrected chi connectivity index (χ0v) is 23.2. The van der Waals surface area contributed by atoms with Gasteiger partial charge in [-0.2, -0.15) is 0 Å². The fourth-order valence-corrected chi connectivity index (χ4v) is 4.73. The Hall–Kier alpha value is -4.56. The van der Waals surface area contributed by atoms with Crippen LogP contribution in [0.1, 0.15) is 30.9 Å². The Bertz CT molecular complexity index is 1550. The van der Waals surface area contributed by atoms with Gasteiger partial charge in [-0.05, 0) is 60.9 Å². The minimum atomic E-state index is -0.597. The first-order chi connectivity index (χ1) is 19.3. The zero-order valence-electron chi connectivity index (χ0n) is 22.4. The summed E-state index contributed by atoms with van der Waals surface area (Å²) in [5.74, 6) is -0.467. The van der Waals surface area contributed by atoms with Gasteiger partial charge in [-0.25, -0.2) is 9.97 Å². The lowest BCUT2D eigenvalue weighted by Gasteiger charge is -2.17. The molecule has 4 aromatic rings. The average Bonchev–Trinajstić information content (AvgIpc) is 3.30. The number of aromatic nitrogens is 2. The number of carbonyl (C=O) groups is 2. The Morgan fingerprint density at radius 3 is 2.38 bits per heavy atom. The Balaban J connectivity index is 1.49. The molecule has 0 radical (unpaired) electrons. The van der Waals surface area contributed by atoms with Crippen LogP contribution in [0.3, 0.4) is 0 Å². The molecule has 0 spiro atoms. The number of nitrogens with one attached hydrogen (secondary N) is 2. The number of benzene rings is 3. The monoisotopic (exact) mass is 552 g/mol. The maximum atomic E-state index is 13.4. The molecule has 2 N–H and O–H groups in total. The smallest absolute Gasteiger partial charge is 0.241 e. The largest absolute Gasteiger partial charge is 0.352 e. The number of amides is 2. The predicted octanol–water partition coefficient (Wildman–Crippen LogP) is 6.02. The van der Waals surface area contributed by atoms with E-state index in [1.54, 1.807) is 19.4 Å². The quantitative estimate of drug-likeness (QED) is 0.206. The number of aliphatic imine (C=N–C) groups is 1. The van der Waals surface area contributed by atoms with Gasteiger partial charge < -0.3 is 15.5 Å². The van der Waals surface area contributed by atoms with Crippen LogP contribution < -0.4 is 15.5 Å². The molecule has 3 aromatic carbocycles. The summed E-state index contributed by atoms with van der Waals surface area (Å²) < 4.78 is 0. The second-order valence-electron chi connectivity index (χ2n) is 9.78. The van der Waals surface area contributed by atoms with Crippen LogP contribution in [0.15, 0.2) is 90.2 Å². The van der Waals surface area contributed by atoms with Crippen LogP contribution >= 0.6 is 11.6 Å². The third-order valence-electron chi connectivity index (χ3n) is 6.61. The summed E-state index contributed by atoms with van der Waals surface area (Å²) in [6, 6.07) is 23.1. The van der Waals surface area contributed by atoms with E-state index in [2.05, 4.69) is 20.6 Å². The summed E-state index contributed by atoms with van der Waals surface area (Å²) in [6.45, 7) is 4.06. The highest BCUT2D eigenvalue weighted by atomic mass is 35.5. The van der Waals surface area contributed by atoms with Crippen molar-refractivity contribution in [1.82, 2.24) is 9.97 Å². The molecule has 202 valence electrons. The van der Waals surface area contributed by atoms with Crippen molar-refractivity contribution in [3.63, 3.8) is 0 Å². The molecule has 1 aliphatic rings. The van der Waals surface area contributed by atoms with Crippen LogP contribution in [-0.4, -0.2) is 46.5 Å². The number of rotatable bonds is 8. The highest BCUT2D eigenvalue weighted by Crippen LogP contribution is 2.38. The summed E-state index contributed by atoms with van der Waals surface area (Å²) in [7, 11) is 1.68. The number of fused-ring (bicyclic) bond motifs is 1. The number of hydrogen-bond acceptors (Lipinski definition) is 6. The molecule has 2 amide bonds. The lowest BCUT2D eigenvalue weighted by molar-refractivity contribution is -0.116. The molecule has 0 fully saturated rings. The van der Waals surface area contributed by atoms with Crippen LogP contribution in [0, 0.1) is 0 Å². The van der Waals surface area contributed by atoms with Gasteiger partial charge in [0.1, 0.15) is 11.8 Å². The van der Waals surface area contributed by atoms with Crippen molar-refractivity contribution in [2.75, 3.05) is 28.5 Å². The molecular formula is C31H29ClN6O2. The van der Waals surface area contributed by atoms with Crippen molar-refractivity contribution in [1.29, 1.82) is 0 Å². The zero-order chi connectivity index (χ0) is 28.2.